The van der Waals surface area contributed by atoms with Gasteiger partial charge in [-0.25, -0.2) is 4.79 Å². The maximum Gasteiger partial charge on any atom is 0.345 e. The third-order valence-electron chi connectivity index (χ3n) is 6.07. The molecule has 0 saturated carbocycles. The summed E-state index contributed by atoms with van der Waals surface area (Å²) >= 11 is 0. The molecule has 2 aromatic carbocycles. The molecule has 0 saturated heterocycles. The average Bonchev–Trinajstić information content (AvgIpc) is 2.66. The van der Waals surface area contributed by atoms with E-state index in [1.807, 2.05) is 6.07 Å². The number of methoxy groups -OCH3 is 1. The van der Waals surface area contributed by atoms with Gasteiger partial charge in [0, 0.05) is 19.6 Å². The Morgan fingerprint density at radius 2 is 1.77 bits per heavy atom. The van der Waals surface area contributed by atoms with Crippen LogP contribution < -0.4 is 9.47 Å². The number of unbranched alkanes of at least 4 members (excludes halogenated alkanes) is 2. The maximum atomic E-state index is 13.2. The molecule has 5 nitrogen and oxygen atoms in total. The zero-order valence-corrected chi connectivity index (χ0v) is 19.4. The van der Waals surface area contributed by atoms with E-state index < -0.39 is 11.4 Å². The Morgan fingerprint density at radius 3 is 2.48 bits per heavy atom. The van der Waals surface area contributed by atoms with Crippen LogP contribution in [0.1, 0.15) is 74.0 Å². The third-order valence-corrected chi connectivity index (χ3v) is 6.07. The lowest BCUT2D eigenvalue weighted by molar-refractivity contribution is -0.170. The van der Waals surface area contributed by atoms with E-state index in [9.17, 15) is 4.79 Å². The molecule has 2 aliphatic rings. The number of cyclic esters (lactones) is 1. The molecule has 0 fully saturated rings. The number of carbonyl (C=O) groups excluding carboxylic acids is 1. The Labute approximate surface area is 184 Å². The van der Waals surface area contributed by atoms with Crippen molar-refractivity contribution in [2.24, 2.45) is 0 Å². The van der Waals surface area contributed by atoms with E-state index in [-0.39, 0.29) is 12.6 Å². The normalized spacial score (nSPS) is 20.6. The Kier molecular flexibility index (Phi) is 5.50. The molecule has 5 heteroatoms. The van der Waals surface area contributed by atoms with Crippen molar-refractivity contribution in [3.8, 4) is 22.6 Å². The first-order chi connectivity index (χ1) is 14.7. The molecule has 1 unspecified atom stereocenters. The zero-order valence-electron chi connectivity index (χ0n) is 19.4. The van der Waals surface area contributed by atoms with Crippen molar-refractivity contribution in [1.29, 1.82) is 0 Å². The van der Waals surface area contributed by atoms with Crippen molar-refractivity contribution in [2.75, 3.05) is 13.7 Å². The molecule has 0 aliphatic carbocycles. The van der Waals surface area contributed by atoms with Crippen molar-refractivity contribution < 1.29 is 23.7 Å². The summed E-state index contributed by atoms with van der Waals surface area (Å²) in [5, 5.41) is 0. The van der Waals surface area contributed by atoms with Gasteiger partial charge in [-0.1, -0.05) is 43.5 Å². The lowest BCUT2D eigenvalue weighted by Gasteiger charge is -2.40. The number of esters is 1. The predicted molar refractivity (Wildman–Crippen MR) is 120 cm³/mol. The summed E-state index contributed by atoms with van der Waals surface area (Å²) in [5.74, 6) is -0.259. The first kappa shape index (κ1) is 21.7. The van der Waals surface area contributed by atoms with Gasteiger partial charge in [-0.15, -0.1) is 0 Å². The van der Waals surface area contributed by atoms with Crippen molar-refractivity contribution in [2.45, 2.75) is 71.7 Å². The molecule has 2 heterocycles. The molecular formula is C26H32O5. The summed E-state index contributed by atoms with van der Waals surface area (Å²) in [4.78, 5) is 13.2. The number of aryl methyl sites for hydroxylation is 2. The summed E-state index contributed by atoms with van der Waals surface area (Å²) in [6.45, 7) is 10.3. The van der Waals surface area contributed by atoms with Gasteiger partial charge in [-0.2, -0.15) is 0 Å². The summed E-state index contributed by atoms with van der Waals surface area (Å²) in [6, 6.07) is 8.35. The molecule has 0 radical (unpaired) electrons. The van der Waals surface area contributed by atoms with Crippen LogP contribution in [-0.2, 0) is 21.5 Å². The number of fused-ring (bicyclic) bond motifs is 5. The highest BCUT2D eigenvalue weighted by Crippen LogP contribution is 2.53. The van der Waals surface area contributed by atoms with E-state index >= 15 is 0 Å². The molecule has 0 aromatic heterocycles. The van der Waals surface area contributed by atoms with Crippen LogP contribution in [0.25, 0.3) is 11.1 Å². The topological polar surface area (TPSA) is 54.0 Å². The van der Waals surface area contributed by atoms with E-state index in [1.54, 1.807) is 14.0 Å². The quantitative estimate of drug-likeness (QED) is 0.425. The second-order valence-corrected chi connectivity index (χ2v) is 9.29. The van der Waals surface area contributed by atoms with Gasteiger partial charge in [-0.3, -0.25) is 0 Å². The van der Waals surface area contributed by atoms with Gasteiger partial charge in [0.25, 0.3) is 5.79 Å². The maximum absolute atomic E-state index is 13.2. The van der Waals surface area contributed by atoms with Crippen molar-refractivity contribution in [3.05, 3.63) is 46.5 Å². The van der Waals surface area contributed by atoms with Crippen LogP contribution in [0, 0.1) is 6.92 Å². The number of hydrogen-bond acceptors (Lipinski definition) is 5. The van der Waals surface area contributed by atoms with Crippen LogP contribution in [-0.4, -0.2) is 25.5 Å². The predicted octanol–water partition coefficient (Wildman–Crippen LogP) is 5.93. The monoisotopic (exact) mass is 424 g/mol. The SMILES string of the molecule is CCCCCc1cc2c(c3c1C(=O)OC(C)(COC)O3)-c1cc(C)ccc1C(C)(C)O2. The van der Waals surface area contributed by atoms with E-state index in [0.29, 0.717) is 11.3 Å². The summed E-state index contributed by atoms with van der Waals surface area (Å²) in [6.07, 6.45) is 3.96. The fourth-order valence-corrected chi connectivity index (χ4v) is 4.63. The highest BCUT2D eigenvalue weighted by Gasteiger charge is 2.44. The van der Waals surface area contributed by atoms with Crippen molar-refractivity contribution >= 4 is 5.97 Å². The molecule has 0 N–H and O–H groups in total. The summed E-state index contributed by atoms with van der Waals surface area (Å²) < 4.78 is 23.9. The van der Waals surface area contributed by atoms with Gasteiger partial charge < -0.3 is 18.9 Å². The van der Waals surface area contributed by atoms with Crippen LogP contribution in [0.3, 0.4) is 0 Å². The number of hydrogen-bond donors (Lipinski definition) is 0. The number of benzene rings is 2. The first-order valence-electron chi connectivity index (χ1n) is 11.1. The van der Waals surface area contributed by atoms with Gasteiger partial charge in [0.2, 0.25) is 0 Å². The van der Waals surface area contributed by atoms with Crippen molar-refractivity contribution in [1.82, 2.24) is 0 Å². The second kappa shape index (κ2) is 7.86. The summed E-state index contributed by atoms with van der Waals surface area (Å²) in [5.41, 5.74) is 5.01. The fraction of sp³-hybridized carbons (Fsp3) is 0.500. The number of rotatable bonds is 6. The van der Waals surface area contributed by atoms with Gasteiger partial charge in [0.1, 0.15) is 23.5 Å². The Bertz CT molecular complexity index is 1020. The average molecular weight is 425 g/mol. The van der Waals surface area contributed by atoms with Crippen LogP contribution in [0.5, 0.6) is 11.5 Å². The highest BCUT2D eigenvalue weighted by molar-refractivity contribution is 6.00. The first-order valence-corrected chi connectivity index (χ1v) is 11.1. The van der Waals surface area contributed by atoms with E-state index in [0.717, 1.165) is 59.3 Å². The van der Waals surface area contributed by atoms with E-state index in [4.69, 9.17) is 18.9 Å². The minimum atomic E-state index is -1.19. The fourth-order valence-electron chi connectivity index (χ4n) is 4.63. The summed E-state index contributed by atoms with van der Waals surface area (Å²) in [7, 11) is 1.57. The molecule has 31 heavy (non-hydrogen) atoms. The molecule has 0 bridgehead atoms. The Balaban J connectivity index is 1.97. The smallest absolute Gasteiger partial charge is 0.345 e. The van der Waals surface area contributed by atoms with Gasteiger partial charge in [-0.05, 0) is 50.8 Å². The van der Waals surface area contributed by atoms with E-state index in [2.05, 4.69) is 45.9 Å². The van der Waals surface area contributed by atoms with E-state index in [1.165, 1.54) is 0 Å². The highest BCUT2D eigenvalue weighted by atomic mass is 16.7. The number of carbonyl (C=O) groups is 1. The van der Waals surface area contributed by atoms with Crippen LogP contribution in [0.2, 0.25) is 0 Å². The standard InChI is InChI=1S/C26H32O5/c1-7-8-9-10-17-14-20-22(18-13-16(2)11-12-19(18)25(3,4)29-20)23-21(17)24(27)31-26(5,30-23)15-28-6/h11-14H,7-10,15H2,1-6H3. The Morgan fingerprint density at radius 1 is 1.00 bits per heavy atom. The minimum absolute atomic E-state index is 0.139. The molecule has 4 rings (SSSR count). The van der Waals surface area contributed by atoms with Crippen LogP contribution in [0.4, 0.5) is 0 Å². The number of ether oxygens (including phenoxy) is 4. The van der Waals surface area contributed by atoms with Crippen molar-refractivity contribution in [3.63, 3.8) is 0 Å². The lowest BCUT2D eigenvalue weighted by Crippen LogP contribution is -2.46. The third kappa shape index (κ3) is 3.80. The molecule has 2 aliphatic heterocycles. The molecule has 1 atom stereocenters. The zero-order chi connectivity index (χ0) is 22.4. The van der Waals surface area contributed by atoms with Crippen LogP contribution >= 0.6 is 0 Å². The molecule has 0 amide bonds. The van der Waals surface area contributed by atoms with Gasteiger partial charge in [0.15, 0.2) is 5.75 Å². The van der Waals surface area contributed by atoms with Gasteiger partial charge >= 0.3 is 5.97 Å². The minimum Gasteiger partial charge on any atom is -0.482 e. The Hall–Kier alpha value is -2.53. The largest absolute Gasteiger partial charge is 0.482 e. The van der Waals surface area contributed by atoms with Crippen LogP contribution in [0.15, 0.2) is 24.3 Å². The second-order valence-electron chi connectivity index (χ2n) is 9.29. The molecule has 2 aromatic rings. The molecule has 166 valence electrons. The van der Waals surface area contributed by atoms with Gasteiger partial charge in [0.05, 0.1) is 5.56 Å². The lowest BCUT2D eigenvalue weighted by atomic mass is 9.82. The molecular weight excluding hydrogens is 392 g/mol. The molecule has 0 spiro atoms.